The molecule has 0 saturated heterocycles. The maximum absolute atomic E-state index is 12.1. The van der Waals surface area contributed by atoms with E-state index in [2.05, 4.69) is 26.5 Å². The van der Waals surface area contributed by atoms with Crippen LogP contribution >= 0.6 is 27.5 Å². The number of esters is 1. The van der Waals surface area contributed by atoms with Gasteiger partial charge in [-0.15, -0.1) is 0 Å². The quantitative estimate of drug-likeness (QED) is 0.235. The van der Waals surface area contributed by atoms with Crippen molar-refractivity contribution < 1.29 is 23.5 Å². The van der Waals surface area contributed by atoms with Gasteiger partial charge in [0.1, 0.15) is 11.5 Å². The first-order chi connectivity index (χ1) is 14.0. The number of amides is 1. The van der Waals surface area contributed by atoms with E-state index in [-0.39, 0.29) is 18.1 Å². The number of hydrogen-bond donors (Lipinski definition) is 1. The van der Waals surface area contributed by atoms with Crippen LogP contribution in [0.15, 0.2) is 74.9 Å². The molecule has 0 atom stereocenters. The molecule has 1 heterocycles. The van der Waals surface area contributed by atoms with Crippen molar-refractivity contribution >= 4 is 45.6 Å². The van der Waals surface area contributed by atoms with E-state index in [0.29, 0.717) is 16.3 Å². The summed E-state index contributed by atoms with van der Waals surface area (Å²) >= 11 is 9.30. The maximum Gasteiger partial charge on any atom is 0.379 e. The van der Waals surface area contributed by atoms with Gasteiger partial charge in [0.05, 0.1) is 17.5 Å². The summed E-state index contributed by atoms with van der Waals surface area (Å²) in [6.07, 6.45) is 2.73. The van der Waals surface area contributed by atoms with Gasteiger partial charge in [-0.25, -0.2) is 10.2 Å². The van der Waals surface area contributed by atoms with E-state index in [0.717, 1.165) is 4.47 Å². The molecule has 1 N–H and O–H groups in total. The third kappa shape index (κ3) is 5.94. The summed E-state index contributed by atoms with van der Waals surface area (Å²) in [5.41, 5.74) is 2.80. The van der Waals surface area contributed by atoms with E-state index >= 15 is 0 Å². The second-order valence-electron chi connectivity index (χ2n) is 5.56. The van der Waals surface area contributed by atoms with Crippen LogP contribution in [-0.2, 0) is 4.79 Å². The first-order valence-electron chi connectivity index (χ1n) is 8.27. The largest absolute Gasteiger partial charge is 0.482 e. The molecule has 0 radical (unpaired) electrons. The molecule has 0 aliphatic carbocycles. The van der Waals surface area contributed by atoms with Gasteiger partial charge in [-0.3, -0.25) is 4.79 Å². The van der Waals surface area contributed by atoms with Gasteiger partial charge >= 0.3 is 5.97 Å². The van der Waals surface area contributed by atoms with E-state index in [9.17, 15) is 9.59 Å². The van der Waals surface area contributed by atoms with Crippen LogP contribution < -0.4 is 14.9 Å². The van der Waals surface area contributed by atoms with E-state index in [4.69, 9.17) is 25.5 Å². The number of ether oxygens (including phenoxy) is 2. The second kappa shape index (κ2) is 9.90. The number of nitrogens with zero attached hydrogens (tertiary/aromatic N) is 1. The molecule has 1 aromatic heterocycles. The SMILES string of the molecule is O=C(COc1ccccc1Cl)NN=Cc1cc(Br)ccc1OC(=O)c1ccco1. The van der Waals surface area contributed by atoms with Crippen molar-refractivity contribution in [1.82, 2.24) is 5.43 Å². The molecule has 0 aliphatic rings. The number of carbonyl (C=O) groups excluding carboxylic acids is 2. The number of carbonyl (C=O) groups is 2. The van der Waals surface area contributed by atoms with Crippen molar-refractivity contribution in [1.29, 1.82) is 0 Å². The molecule has 7 nitrogen and oxygen atoms in total. The van der Waals surface area contributed by atoms with E-state index in [1.807, 2.05) is 0 Å². The lowest BCUT2D eigenvalue weighted by atomic mass is 10.2. The predicted octanol–water partition coefficient (Wildman–Crippen LogP) is 4.44. The van der Waals surface area contributed by atoms with Gasteiger partial charge < -0.3 is 13.9 Å². The van der Waals surface area contributed by atoms with Crippen molar-refractivity contribution in [2.75, 3.05) is 6.61 Å². The number of para-hydroxylation sites is 1. The van der Waals surface area contributed by atoms with Crippen LogP contribution in [0.3, 0.4) is 0 Å². The number of hydrazone groups is 1. The van der Waals surface area contributed by atoms with Crippen LogP contribution in [0.1, 0.15) is 16.1 Å². The lowest BCUT2D eigenvalue weighted by Crippen LogP contribution is -2.24. The van der Waals surface area contributed by atoms with Crippen molar-refractivity contribution in [2.45, 2.75) is 0 Å². The minimum absolute atomic E-state index is 0.0702. The summed E-state index contributed by atoms with van der Waals surface area (Å²) in [6, 6.07) is 14.9. The monoisotopic (exact) mass is 476 g/mol. The van der Waals surface area contributed by atoms with Crippen LogP contribution in [0.2, 0.25) is 5.02 Å². The third-order valence-electron chi connectivity index (χ3n) is 3.49. The van der Waals surface area contributed by atoms with E-state index < -0.39 is 11.9 Å². The summed E-state index contributed by atoms with van der Waals surface area (Å²) in [7, 11) is 0. The molecule has 148 valence electrons. The molecule has 0 bridgehead atoms. The van der Waals surface area contributed by atoms with Crippen LogP contribution in [0.5, 0.6) is 11.5 Å². The lowest BCUT2D eigenvalue weighted by Gasteiger charge is -2.07. The van der Waals surface area contributed by atoms with Gasteiger partial charge in [0.2, 0.25) is 5.76 Å². The Morgan fingerprint density at radius 1 is 1.14 bits per heavy atom. The topological polar surface area (TPSA) is 90.1 Å². The fourth-order valence-corrected chi connectivity index (χ4v) is 2.74. The summed E-state index contributed by atoms with van der Waals surface area (Å²) < 4.78 is 16.4. The molecule has 0 fully saturated rings. The van der Waals surface area contributed by atoms with Gasteiger partial charge in [-0.2, -0.15) is 5.10 Å². The molecule has 29 heavy (non-hydrogen) atoms. The molecule has 2 aromatic carbocycles. The fraction of sp³-hybridized carbons (Fsp3) is 0.0500. The average molecular weight is 478 g/mol. The van der Waals surface area contributed by atoms with Crippen molar-refractivity contribution in [2.24, 2.45) is 5.10 Å². The maximum atomic E-state index is 12.1. The fourth-order valence-electron chi connectivity index (χ4n) is 2.17. The zero-order chi connectivity index (χ0) is 20.6. The Labute approximate surface area is 179 Å². The molecule has 9 heteroatoms. The highest BCUT2D eigenvalue weighted by atomic mass is 79.9. The van der Waals surface area contributed by atoms with Crippen molar-refractivity contribution in [3.8, 4) is 11.5 Å². The molecule has 0 spiro atoms. The van der Waals surface area contributed by atoms with Gasteiger partial charge in [0, 0.05) is 10.0 Å². The highest BCUT2D eigenvalue weighted by Gasteiger charge is 2.14. The predicted molar refractivity (Wildman–Crippen MR) is 110 cm³/mol. The number of halogens is 2. The summed E-state index contributed by atoms with van der Waals surface area (Å²) in [5.74, 6) is -0.414. The van der Waals surface area contributed by atoms with E-state index in [1.54, 1.807) is 48.5 Å². The van der Waals surface area contributed by atoms with Crippen LogP contribution in [0, 0.1) is 0 Å². The average Bonchev–Trinajstić information content (AvgIpc) is 3.24. The zero-order valence-electron chi connectivity index (χ0n) is 14.8. The molecule has 0 saturated carbocycles. The first kappa shape index (κ1) is 20.6. The third-order valence-corrected chi connectivity index (χ3v) is 4.29. The number of nitrogens with one attached hydrogen (secondary N) is 1. The van der Waals surface area contributed by atoms with Crippen LogP contribution in [0.4, 0.5) is 0 Å². The van der Waals surface area contributed by atoms with E-state index in [1.165, 1.54) is 18.5 Å². The molecule has 0 aliphatic heterocycles. The highest BCUT2D eigenvalue weighted by Crippen LogP contribution is 2.24. The molecular weight excluding hydrogens is 464 g/mol. The zero-order valence-corrected chi connectivity index (χ0v) is 17.1. The molecule has 1 amide bonds. The number of furan rings is 1. The highest BCUT2D eigenvalue weighted by molar-refractivity contribution is 9.10. The lowest BCUT2D eigenvalue weighted by molar-refractivity contribution is -0.123. The smallest absolute Gasteiger partial charge is 0.379 e. The minimum Gasteiger partial charge on any atom is -0.482 e. The standard InChI is InChI=1S/C20H14BrClN2O5/c21-14-7-8-16(29-20(26)18-6-3-9-27-18)13(10-14)11-23-24-19(25)12-28-17-5-2-1-4-15(17)22/h1-11H,12H2,(H,24,25). The van der Waals surface area contributed by atoms with Gasteiger partial charge in [-0.1, -0.05) is 39.7 Å². The second-order valence-corrected chi connectivity index (χ2v) is 6.88. The number of benzene rings is 2. The van der Waals surface area contributed by atoms with Gasteiger partial charge in [0.25, 0.3) is 5.91 Å². The summed E-state index contributed by atoms with van der Waals surface area (Å²) in [5, 5.41) is 4.28. The van der Waals surface area contributed by atoms with Gasteiger partial charge in [0.15, 0.2) is 6.61 Å². The van der Waals surface area contributed by atoms with Crippen molar-refractivity contribution in [3.63, 3.8) is 0 Å². The Kier molecular flexibility index (Phi) is 7.04. The first-order valence-corrected chi connectivity index (χ1v) is 9.44. The number of rotatable bonds is 7. The van der Waals surface area contributed by atoms with Crippen LogP contribution in [-0.4, -0.2) is 24.7 Å². The Hall–Kier alpha value is -3.10. The Morgan fingerprint density at radius 2 is 1.97 bits per heavy atom. The molecule has 3 rings (SSSR count). The number of hydrogen-bond acceptors (Lipinski definition) is 6. The normalized spacial score (nSPS) is 10.7. The Bertz CT molecular complexity index is 1040. The Balaban J connectivity index is 1.60. The van der Waals surface area contributed by atoms with Crippen LogP contribution in [0.25, 0.3) is 0 Å². The summed E-state index contributed by atoms with van der Waals surface area (Å²) in [4.78, 5) is 24.0. The van der Waals surface area contributed by atoms with Crippen molar-refractivity contribution in [3.05, 3.63) is 81.7 Å². The summed E-state index contributed by atoms with van der Waals surface area (Å²) in [6.45, 7) is -0.264. The minimum atomic E-state index is -0.649. The molecular formula is C20H14BrClN2O5. The molecule has 3 aromatic rings. The Morgan fingerprint density at radius 3 is 2.72 bits per heavy atom. The van der Waals surface area contributed by atoms with Gasteiger partial charge in [-0.05, 0) is 42.5 Å². The molecule has 0 unspecified atom stereocenters.